The standard InChI is InChI=1S/C23H22F2N2O4S/c1-16-7-13-20(14-8-16)32(29,30)27(2)19-11-9-17(10-12-19)22(28)26-15-18-5-3-4-6-21(18)31-23(24)25/h3-14,23H,15H2,1-2H3,(H,26,28). The maximum atomic E-state index is 12.8. The Hall–Kier alpha value is -3.46. The maximum Gasteiger partial charge on any atom is 0.387 e. The first-order valence-electron chi connectivity index (χ1n) is 9.65. The number of anilines is 1. The van der Waals surface area contributed by atoms with Crippen LogP contribution in [0.5, 0.6) is 5.75 Å². The van der Waals surface area contributed by atoms with E-state index >= 15 is 0 Å². The molecule has 0 unspecified atom stereocenters. The summed E-state index contributed by atoms with van der Waals surface area (Å²) in [5.41, 5.74) is 2.03. The molecule has 9 heteroatoms. The Bertz CT molecular complexity index is 1180. The second-order valence-corrected chi connectivity index (χ2v) is 8.97. The second kappa shape index (κ2) is 9.78. The lowest BCUT2D eigenvalue weighted by Crippen LogP contribution is -2.27. The number of alkyl halides is 2. The molecule has 168 valence electrons. The number of sulfonamides is 1. The fourth-order valence-corrected chi connectivity index (χ4v) is 4.16. The van der Waals surface area contributed by atoms with Crippen LogP contribution in [0, 0.1) is 6.92 Å². The van der Waals surface area contributed by atoms with E-state index in [-0.39, 0.29) is 17.2 Å². The minimum atomic E-state index is -3.75. The highest BCUT2D eigenvalue weighted by Gasteiger charge is 2.21. The summed E-state index contributed by atoms with van der Waals surface area (Å²) in [6, 6.07) is 18.7. The number of rotatable bonds is 8. The van der Waals surface area contributed by atoms with E-state index in [0.29, 0.717) is 16.8 Å². The largest absolute Gasteiger partial charge is 0.434 e. The van der Waals surface area contributed by atoms with Crippen molar-refractivity contribution >= 4 is 21.6 Å². The van der Waals surface area contributed by atoms with Crippen molar-refractivity contribution in [3.05, 3.63) is 89.5 Å². The Morgan fingerprint density at radius 2 is 1.62 bits per heavy atom. The van der Waals surface area contributed by atoms with Crippen LogP contribution in [-0.4, -0.2) is 28.0 Å². The molecule has 3 aromatic carbocycles. The molecule has 6 nitrogen and oxygen atoms in total. The summed E-state index contributed by atoms with van der Waals surface area (Å²) >= 11 is 0. The number of amides is 1. The summed E-state index contributed by atoms with van der Waals surface area (Å²) in [5.74, 6) is -0.450. The Balaban J connectivity index is 1.69. The average Bonchev–Trinajstić information content (AvgIpc) is 2.78. The molecule has 1 N–H and O–H groups in total. The molecule has 0 saturated heterocycles. The molecule has 32 heavy (non-hydrogen) atoms. The van der Waals surface area contributed by atoms with Crippen LogP contribution in [0.2, 0.25) is 0 Å². The minimum Gasteiger partial charge on any atom is -0.434 e. The molecule has 0 saturated carbocycles. The molecule has 0 radical (unpaired) electrons. The first-order chi connectivity index (χ1) is 15.2. The summed E-state index contributed by atoms with van der Waals surface area (Å²) in [6.07, 6.45) is 0. The normalized spacial score (nSPS) is 11.3. The van der Waals surface area contributed by atoms with Gasteiger partial charge >= 0.3 is 6.61 Å². The number of hydrogen-bond acceptors (Lipinski definition) is 4. The summed E-state index contributed by atoms with van der Waals surface area (Å²) in [4.78, 5) is 12.6. The van der Waals surface area contributed by atoms with Crippen LogP contribution in [0.15, 0.2) is 77.7 Å². The van der Waals surface area contributed by atoms with Gasteiger partial charge in [0.05, 0.1) is 10.6 Å². The molecule has 0 bridgehead atoms. The van der Waals surface area contributed by atoms with E-state index in [9.17, 15) is 22.0 Å². The third-order valence-electron chi connectivity index (χ3n) is 4.80. The smallest absolute Gasteiger partial charge is 0.387 e. The summed E-state index contributed by atoms with van der Waals surface area (Å²) in [5, 5.41) is 2.64. The first-order valence-corrected chi connectivity index (χ1v) is 11.1. The van der Waals surface area contributed by atoms with Gasteiger partial charge in [-0.3, -0.25) is 9.10 Å². The Kier molecular flexibility index (Phi) is 7.09. The van der Waals surface area contributed by atoms with Crippen LogP contribution in [0.3, 0.4) is 0 Å². The third-order valence-corrected chi connectivity index (χ3v) is 6.60. The fraction of sp³-hybridized carbons (Fsp3) is 0.174. The van der Waals surface area contributed by atoms with Gasteiger partial charge in [-0.2, -0.15) is 8.78 Å². The Morgan fingerprint density at radius 3 is 2.25 bits per heavy atom. The number of para-hydroxylation sites is 1. The van der Waals surface area contributed by atoms with Crippen LogP contribution in [0.25, 0.3) is 0 Å². The van der Waals surface area contributed by atoms with Gasteiger partial charge in [0.25, 0.3) is 15.9 Å². The van der Waals surface area contributed by atoms with E-state index in [1.807, 2.05) is 6.92 Å². The minimum absolute atomic E-state index is 0.00875. The van der Waals surface area contributed by atoms with Crippen molar-refractivity contribution in [1.82, 2.24) is 5.32 Å². The molecule has 0 spiro atoms. The van der Waals surface area contributed by atoms with E-state index in [0.717, 1.165) is 9.87 Å². The highest BCUT2D eigenvalue weighted by molar-refractivity contribution is 7.92. The Morgan fingerprint density at radius 1 is 1.00 bits per heavy atom. The molecule has 3 rings (SSSR count). The number of hydrogen-bond donors (Lipinski definition) is 1. The van der Waals surface area contributed by atoms with Crippen molar-refractivity contribution in [1.29, 1.82) is 0 Å². The van der Waals surface area contributed by atoms with E-state index < -0.39 is 22.5 Å². The van der Waals surface area contributed by atoms with Crippen LogP contribution in [-0.2, 0) is 16.6 Å². The fourth-order valence-electron chi connectivity index (χ4n) is 2.97. The van der Waals surface area contributed by atoms with Crippen molar-refractivity contribution in [2.24, 2.45) is 0 Å². The predicted molar refractivity (Wildman–Crippen MR) is 117 cm³/mol. The van der Waals surface area contributed by atoms with Gasteiger partial charge in [0.2, 0.25) is 0 Å². The van der Waals surface area contributed by atoms with Gasteiger partial charge in [-0.15, -0.1) is 0 Å². The summed E-state index contributed by atoms with van der Waals surface area (Å²) in [7, 11) is -2.31. The zero-order valence-electron chi connectivity index (χ0n) is 17.5. The summed E-state index contributed by atoms with van der Waals surface area (Å²) < 4.78 is 56.3. The van der Waals surface area contributed by atoms with Crippen LogP contribution >= 0.6 is 0 Å². The van der Waals surface area contributed by atoms with Crippen molar-refractivity contribution in [3.63, 3.8) is 0 Å². The monoisotopic (exact) mass is 460 g/mol. The second-order valence-electron chi connectivity index (χ2n) is 7.00. The number of ether oxygens (including phenoxy) is 1. The lowest BCUT2D eigenvalue weighted by Gasteiger charge is -2.20. The number of nitrogens with zero attached hydrogens (tertiary/aromatic N) is 1. The lowest BCUT2D eigenvalue weighted by atomic mass is 10.1. The quantitative estimate of drug-likeness (QED) is 0.542. The number of aryl methyl sites for hydroxylation is 1. The number of nitrogens with one attached hydrogen (secondary N) is 1. The van der Waals surface area contributed by atoms with Crippen LogP contribution in [0.4, 0.5) is 14.5 Å². The molecule has 0 aliphatic heterocycles. The molecular formula is C23H22F2N2O4S. The first kappa shape index (κ1) is 23.2. The third kappa shape index (κ3) is 5.42. The van der Waals surface area contributed by atoms with Crippen molar-refractivity contribution in [2.75, 3.05) is 11.4 Å². The molecule has 0 atom stereocenters. The van der Waals surface area contributed by atoms with Crippen LogP contribution in [0.1, 0.15) is 21.5 Å². The van der Waals surface area contributed by atoms with E-state index in [2.05, 4.69) is 10.1 Å². The molecule has 0 aromatic heterocycles. The van der Waals surface area contributed by atoms with E-state index in [1.54, 1.807) is 42.5 Å². The molecule has 1 amide bonds. The van der Waals surface area contributed by atoms with Gasteiger partial charge in [-0.05, 0) is 49.4 Å². The van der Waals surface area contributed by atoms with Crippen molar-refractivity contribution in [2.45, 2.75) is 25.0 Å². The summed E-state index contributed by atoms with van der Waals surface area (Å²) in [6.45, 7) is -1.10. The van der Waals surface area contributed by atoms with Gasteiger partial charge in [0.1, 0.15) is 5.75 Å². The van der Waals surface area contributed by atoms with Gasteiger partial charge in [0, 0.05) is 24.7 Å². The number of carbonyl (C=O) groups excluding carboxylic acids is 1. The van der Waals surface area contributed by atoms with Gasteiger partial charge in [-0.1, -0.05) is 35.9 Å². The zero-order chi connectivity index (χ0) is 23.3. The van der Waals surface area contributed by atoms with E-state index in [4.69, 9.17) is 0 Å². The molecule has 3 aromatic rings. The highest BCUT2D eigenvalue weighted by Crippen LogP contribution is 2.23. The molecule has 0 aliphatic rings. The van der Waals surface area contributed by atoms with E-state index in [1.165, 1.54) is 37.4 Å². The van der Waals surface area contributed by atoms with Gasteiger partial charge in [0.15, 0.2) is 0 Å². The Labute approximate surface area is 185 Å². The van der Waals surface area contributed by atoms with Crippen molar-refractivity contribution in [3.8, 4) is 5.75 Å². The SMILES string of the molecule is Cc1ccc(S(=O)(=O)N(C)c2ccc(C(=O)NCc3ccccc3OC(F)F)cc2)cc1. The molecule has 0 heterocycles. The predicted octanol–water partition coefficient (Wildman–Crippen LogP) is 4.35. The number of carbonyl (C=O) groups is 1. The van der Waals surface area contributed by atoms with Crippen LogP contribution < -0.4 is 14.4 Å². The number of halogens is 2. The lowest BCUT2D eigenvalue weighted by molar-refractivity contribution is -0.0504. The van der Waals surface area contributed by atoms with Crippen molar-refractivity contribution < 1.29 is 26.7 Å². The zero-order valence-corrected chi connectivity index (χ0v) is 18.3. The highest BCUT2D eigenvalue weighted by atomic mass is 32.2. The average molecular weight is 461 g/mol. The number of benzene rings is 3. The maximum absolute atomic E-state index is 12.8. The topological polar surface area (TPSA) is 75.7 Å². The molecular weight excluding hydrogens is 438 g/mol. The van der Waals surface area contributed by atoms with Gasteiger partial charge in [-0.25, -0.2) is 8.42 Å². The molecule has 0 fully saturated rings. The molecule has 0 aliphatic carbocycles. The van der Waals surface area contributed by atoms with Gasteiger partial charge < -0.3 is 10.1 Å².